The minimum absolute atomic E-state index is 0.216. The smallest absolute Gasteiger partial charge is 0.338 e. The predicted molar refractivity (Wildman–Crippen MR) is 88.8 cm³/mol. The van der Waals surface area contributed by atoms with Gasteiger partial charge in [-0.05, 0) is 35.0 Å². The van der Waals surface area contributed by atoms with Crippen molar-refractivity contribution in [1.82, 2.24) is 0 Å². The van der Waals surface area contributed by atoms with Gasteiger partial charge < -0.3 is 9.15 Å². The average Bonchev–Trinajstić information content (AvgIpc) is 2.59. The molecule has 4 rings (SSSR count). The maximum absolute atomic E-state index is 12.9. The molecule has 0 aliphatic heterocycles. The quantitative estimate of drug-likeness (QED) is 0.395. The molecule has 0 aliphatic rings. The minimum Gasteiger partial charge on any atom is -0.465 e. The molecule has 0 atom stereocenters. The van der Waals surface area contributed by atoms with Crippen LogP contribution in [-0.4, -0.2) is 13.1 Å². The Morgan fingerprint density at radius 3 is 2.43 bits per heavy atom. The number of methoxy groups -OCH3 is 1. The van der Waals surface area contributed by atoms with E-state index < -0.39 is 5.97 Å². The normalized spacial score (nSPS) is 11.2. The first-order chi connectivity index (χ1) is 11.2. The molecule has 0 aliphatic carbocycles. The Kier molecular flexibility index (Phi) is 2.91. The lowest BCUT2D eigenvalue weighted by Crippen LogP contribution is -2.10. The lowest BCUT2D eigenvalue weighted by Gasteiger charge is -2.06. The van der Waals surface area contributed by atoms with Crippen LogP contribution in [0.1, 0.15) is 10.4 Å². The molecular weight excluding hydrogens is 292 g/mol. The van der Waals surface area contributed by atoms with Crippen LogP contribution in [0.5, 0.6) is 0 Å². The first-order valence-electron chi connectivity index (χ1n) is 7.15. The predicted octanol–water partition coefficient (Wildman–Crippen LogP) is 3.89. The Labute approximate surface area is 130 Å². The van der Waals surface area contributed by atoms with Gasteiger partial charge in [0.05, 0.1) is 23.4 Å². The van der Waals surface area contributed by atoms with Crippen molar-refractivity contribution in [3.8, 4) is 0 Å². The Morgan fingerprint density at radius 2 is 1.70 bits per heavy atom. The zero-order valence-electron chi connectivity index (χ0n) is 12.3. The fourth-order valence-corrected chi connectivity index (χ4v) is 2.86. The van der Waals surface area contributed by atoms with Crippen LogP contribution < -0.4 is 5.43 Å². The summed E-state index contributed by atoms with van der Waals surface area (Å²) in [5, 5.41) is 2.64. The second-order valence-electron chi connectivity index (χ2n) is 5.30. The van der Waals surface area contributed by atoms with Gasteiger partial charge in [-0.25, -0.2) is 4.79 Å². The SMILES string of the molecule is COC(=O)c1cccc2oc3cc4ccccc4cc3c(=O)c12. The number of esters is 1. The summed E-state index contributed by atoms with van der Waals surface area (Å²) in [6.07, 6.45) is 0. The van der Waals surface area contributed by atoms with Crippen molar-refractivity contribution in [3.05, 3.63) is 70.4 Å². The summed E-state index contributed by atoms with van der Waals surface area (Å²) < 4.78 is 10.6. The van der Waals surface area contributed by atoms with Crippen molar-refractivity contribution in [2.45, 2.75) is 0 Å². The van der Waals surface area contributed by atoms with Crippen molar-refractivity contribution in [2.24, 2.45) is 0 Å². The third kappa shape index (κ3) is 1.99. The molecule has 1 heterocycles. The van der Waals surface area contributed by atoms with Gasteiger partial charge >= 0.3 is 5.97 Å². The van der Waals surface area contributed by atoms with E-state index in [-0.39, 0.29) is 16.4 Å². The molecule has 0 bridgehead atoms. The Morgan fingerprint density at radius 1 is 0.957 bits per heavy atom. The summed E-state index contributed by atoms with van der Waals surface area (Å²) in [5.41, 5.74) is 0.866. The van der Waals surface area contributed by atoms with E-state index in [9.17, 15) is 9.59 Å². The van der Waals surface area contributed by atoms with Crippen LogP contribution in [0.4, 0.5) is 0 Å². The molecule has 0 unspecified atom stereocenters. The van der Waals surface area contributed by atoms with Gasteiger partial charge in [-0.15, -0.1) is 0 Å². The van der Waals surface area contributed by atoms with Gasteiger partial charge in [0.15, 0.2) is 0 Å². The summed E-state index contributed by atoms with van der Waals surface area (Å²) in [6.45, 7) is 0. The van der Waals surface area contributed by atoms with Gasteiger partial charge in [0.1, 0.15) is 11.2 Å². The van der Waals surface area contributed by atoms with Crippen LogP contribution in [0.25, 0.3) is 32.7 Å². The van der Waals surface area contributed by atoms with E-state index in [1.165, 1.54) is 7.11 Å². The van der Waals surface area contributed by atoms with Crippen LogP contribution in [-0.2, 0) is 4.74 Å². The molecular formula is C19H12O4. The first kappa shape index (κ1) is 13.5. The standard InChI is InChI=1S/C19H12O4/c1-22-19(21)13-7-4-8-15-17(13)18(20)14-9-11-5-2-3-6-12(11)10-16(14)23-15/h2-10H,1H3. The number of benzene rings is 3. The van der Waals surface area contributed by atoms with Gasteiger partial charge in [0.25, 0.3) is 0 Å². The summed E-state index contributed by atoms with van der Waals surface area (Å²) in [6, 6.07) is 16.3. The topological polar surface area (TPSA) is 56.5 Å². The fraction of sp³-hybridized carbons (Fsp3) is 0.0526. The van der Waals surface area contributed by atoms with Gasteiger partial charge in [0.2, 0.25) is 5.43 Å². The van der Waals surface area contributed by atoms with Crippen molar-refractivity contribution in [1.29, 1.82) is 0 Å². The average molecular weight is 304 g/mol. The van der Waals surface area contributed by atoms with Crippen LogP contribution in [0, 0.1) is 0 Å². The third-order valence-electron chi connectivity index (χ3n) is 3.97. The van der Waals surface area contributed by atoms with E-state index in [1.54, 1.807) is 24.3 Å². The summed E-state index contributed by atoms with van der Waals surface area (Å²) in [4.78, 5) is 24.8. The largest absolute Gasteiger partial charge is 0.465 e. The Balaban J connectivity index is 2.20. The number of carbonyl (C=O) groups is 1. The second-order valence-corrected chi connectivity index (χ2v) is 5.30. The van der Waals surface area contributed by atoms with E-state index in [2.05, 4.69) is 0 Å². The molecule has 4 nitrogen and oxygen atoms in total. The monoisotopic (exact) mass is 304 g/mol. The molecule has 3 aromatic carbocycles. The Bertz CT molecular complexity index is 1140. The maximum Gasteiger partial charge on any atom is 0.338 e. The Hall–Kier alpha value is -3.14. The molecule has 4 heteroatoms. The van der Waals surface area contributed by atoms with Gasteiger partial charge in [0, 0.05) is 0 Å². The first-order valence-corrected chi connectivity index (χ1v) is 7.15. The summed E-state index contributed by atoms with van der Waals surface area (Å²) in [7, 11) is 1.29. The highest BCUT2D eigenvalue weighted by atomic mass is 16.5. The van der Waals surface area contributed by atoms with E-state index >= 15 is 0 Å². The molecule has 0 amide bonds. The lowest BCUT2D eigenvalue weighted by molar-refractivity contribution is 0.0603. The number of hydrogen-bond acceptors (Lipinski definition) is 4. The van der Waals surface area contributed by atoms with E-state index in [0.29, 0.717) is 16.6 Å². The van der Waals surface area contributed by atoms with Crippen LogP contribution in [0.2, 0.25) is 0 Å². The molecule has 0 spiro atoms. The maximum atomic E-state index is 12.9. The zero-order valence-corrected chi connectivity index (χ0v) is 12.3. The van der Waals surface area contributed by atoms with Crippen molar-refractivity contribution < 1.29 is 13.9 Å². The number of fused-ring (bicyclic) bond motifs is 3. The van der Waals surface area contributed by atoms with Crippen LogP contribution >= 0.6 is 0 Å². The zero-order chi connectivity index (χ0) is 16.0. The van der Waals surface area contributed by atoms with Crippen molar-refractivity contribution >= 4 is 38.7 Å². The molecule has 0 saturated heterocycles. The summed E-state index contributed by atoms with van der Waals surface area (Å²) in [5.74, 6) is -0.553. The molecule has 4 aromatic rings. The third-order valence-corrected chi connectivity index (χ3v) is 3.97. The van der Waals surface area contributed by atoms with Crippen LogP contribution in [0.15, 0.2) is 63.8 Å². The number of ether oxygens (including phenoxy) is 1. The molecule has 0 saturated carbocycles. The molecule has 0 fully saturated rings. The highest BCUT2D eigenvalue weighted by Crippen LogP contribution is 2.25. The molecule has 1 aromatic heterocycles. The molecule has 112 valence electrons. The lowest BCUT2D eigenvalue weighted by atomic mass is 10.0. The van der Waals surface area contributed by atoms with Crippen molar-refractivity contribution in [3.63, 3.8) is 0 Å². The van der Waals surface area contributed by atoms with Gasteiger partial charge in [-0.3, -0.25) is 4.79 Å². The minimum atomic E-state index is -0.553. The fourth-order valence-electron chi connectivity index (χ4n) is 2.86. The molecule has 0 N–H and O–H groups in total. The summed E-state index contributed by atoms with van der Waals surface area (Å²) >= 11 is 0. The molecule has 23 heavy (non-hydrogen) atoms. The number of rotatable bonds is 1. The van der Waals surface area contributed by atoms with Crippen LogP contribution in [0.3, 0.4) is 0 Å². The van der Waals surface area contributed by atoms with Gasteiger partial charge in [-0.2, -0.15) is 0 Å². The number of hydrogen-bond donors (Lipinski definition) is 0. The van der Waals surface area contributed by atoms with Gasteiger partial charge in [-0.1, -0.05) is 30.3 Å². The number of carbonyl (C=O) groups excluding carboxylic acids is 1. The highest BCUT2D eigenvalue weighted by molar-refractivity contribution is 6.06. The van der Waals surface area contributed by atoms with E-state index in [4.69, 9.17) is 9.15 Å². The second kappa shape index (κ2) is 4.95. The van der Waals surface area contributed by atoms with E-state index in [0.717, 1.165) is 10.8 Å². The highest BCUT2D eigenvalue weighted by Gasteiger charge is 2.17. The molecule has 0 radical (unpaired) electrons. The van der Waals surface area contributed by atoms with Crippen molar-refractivity contribution in [2.75, 3.05) is 7.11 Å². The van der Waals surface area contributed by atoms with E-state index in [1.807, 2.05) is 30.3 Å².